The molecule has 2 heteroatoms. The summed E-state index contributed by atoms with van der Waals surface area (Å²) < 4.78 is 5.42. The molecule has 0 spiro atoms. The predicted octanol–water partition coefficient (Wildman–Crippen LogP) is 5.57. The third-order valence-electron chi connectivity index (χ3n) is 2.84. The predicted molar refractivity (Wildman–Crippen MR) is 90.4 cm³/mol. The normalized spacial score (nSPS) is 16.6. The number of ether oxygens (including phenoxy) is 1. The van der Waals surface area contributed by atoms with Crippen LogP contribution in [0.1, 0.15) is 64.3 Å². The first-order chi connectivity index (χ1) is 9.72. The Labute approximate surface area is 124 Å². The van der Waals surface area contributed by atoms with Crippen molar-refractivity contribution in [3.05, 3.63) is 41.0 Å². The maximum Gasteiger partial charge on any atom is 0.180 e. The smallest absolute Gasteiger partial charge is 0.180 e. The molecule has 1 aromatic carbocycles. The van der Waals surface area contributed by atoms with Gasteiger partial charge in [0.1, 0.15) is 12.6 Å². The van der Waals surface area contributed by atoms with Gasteiger partial charge in [-0.15, -0.1) is 0 Å². The summed E-state index contributed by atoms with van der Waals surface area (Å²) in [5, 5.41) is 0. The van der Waals surface area contributed by atoms with Crippen molar-refractivity contribution in [3.63, 3.8) is 0 Å². The van der Waals surface area contributed by atoms with Crippen LogP contribution in [0.4, 0.5) is 0 Å². The van der Waals surface area contributed by atoms with Crippen LogP contribution in [0.2, 0.25) is 0 Å². The quantitative estimate of drug-likeness (QED) is 0.691. The van der Waals surface area contributed by atoms with Crippen LogP contribution in [0.5, 0.6) is 0 Å². The molecule has 1 aliphatic heterocycles. The number of benzene rings is 1. The Kier molecular flexibility index (Phi) is 9.44. The van der Waals surface area contributed by atoms with Crippen LogP contribution in [0.3, 0.4) is 0 Å². The van der Waals surface area contributed by atoms with Crippen molar-refractivity contribution in [3.8, 4) is 0 Å². The lowest BCUT2D eigenvalue weighted by atomic mass is 9.97. The summed E-state index contributed by atoms with van der Waals surface area (Å²) in [5.74, 6) is 0.790. The Morgan fingerprint density at radius 1 is 1.15 bits per heavy atom. The molecule has 1 aliphatic rings. The van der Waals surface area contributed by atoms with Crippen LogP contribution in [0, 0.1) is 6.92 Å². The van der Waals surface area contributed by atoms with Crippen molar-refractivity contribution in [2.45, 2.75) is 54.5 Å². The fourth-order valence-corrected chi connectivity index (χ4v) is 2.04. The second kappa shape index (κ2) is 10.2. The Morgan fingerprint density at radius 3 is 2.30 bits per heavy atom. The minimum Gasteiger partial charge on any atom is -0.479 e. The molecule has 2 rings (SSSR count). The molecular weight excluding hydrogens is 246 g/mol. The molecule has 1 heterocycles. The SMILES string of the molecule is C/C=C\c1c(C)cccc1C1COC(C)=N1.CC.CC. The van der Waals surface area contributed by atoms with E-state index >= 15 is 0 Å². The van der Waals surface area contributed by atoms with Crippen molar-refractivity contribution >= 4 is 12.0 Å². The molecule has 0 bridgehead atoms. The van der Waals surface area contributed by atoms with E-state index in [0.29, 0.717) is 6.61 Å². The van der Waals surface area contributed by atoms with Crippen LogP contribution >= 0.6 is 0 Å². The van der Waals surface area contributed by atoms with Gasteiger partial charge in [0.15, 0.2) is 5.90 Å². The number of aryl methyl sites for hydroxylation is 1. The van der Waals surface area contributed by atoms with Crippen LogP contribution in [-0.4, -0.2) is 12.5 Å². The highest BCUT2D eigenvalue weighted by molar-refractivity contribution is 5.75. The van der Waals surface area contributed by atoms with Gasteiger partial charge in [-0.2, -0.15) is 0 Å². The van der Waals surface area contributed by atoms with Crippen LogP contribution < -0.4 is 0 Å². The van der Waals surface area contributed by atoms with Gasteiger partial charge in [-0.25, -0.2) is 4.99 Å². The van der Waals surface area contributed by atoms with Crippen LogP contribution in [0.15, 0.2) is 29.3 Å². The molecule has 0 saturated carbocycles. The van der Waals surface area contributed by atoms with Crippen molar-refractivity contribution in [1.29, 1.82) is 0 Å². The molecule has 0 radical (unpaired) electrons. The molecule has 1 atom stereocenters. The van der Waals surface area contributed by atoms with E-state index in [1.807, 2.05) is 41.5 Å². The summed E-state index contributed by atoms with van der Waals surface area (Å²) in [6, 6.07) is 6.51. The summed E-state index contributed by atoms with van der Waals surface area (Å²) in [6.45, 7) is 14.7. The zero-order valence-corrected chi connectivity index (χ0v) is 14.0. The number of hydrogen-bond donors (Lipinski definition) is 0. The summed E-state index contributed by atoms with van der Waals surface area (Å²) in [6.07, 6.45) is 4.21. The maximum absolute atomic E-state index is 5.42. The van der Waals surface area contributed by atoms with Gasteiger partial charge in [0.2, 0.25) is 0 Å². The van der Waals surface area contributed by atoms with Gasteiger partial charge < -0.3 is 4.74 Å². The highest BCUT2D eigenvalue weighted by atomic mass is 16.5. The Balaban J connectivity index is 0.000000829. The van der Waals surface area contributed by atoms with Gasteiger partial charge in [-0.05, 0) is 30.5 Å². The number of allylic oxidation sites excluding steroid dienone is 1. The van der Waals surface area contributed by atoms with E-state index in [2.05, 4.69) is 42.3 Å². The molecule has 1 unspecified atom stereocenters. The van der Waals surface area contributed by atoms with E-state index in [1.165, 1.54) is 16.7 Å². The topological polar surface area (TPSA) is 21.6 Å². The second-order valence-electron chi connectivity index (χ2n) is 4.05. The number of hydrogen-bond acceptors (Lipinski definition) is 2. The molecule has 2 nitrogen and oxygen atoms in total. The minimum absolute atomic E-state index is 0.158. The van der Waals surface area contributed by atoms with E-state index < -0.39 is 0 Å². The van der Waals surface area contributed by atoms with E-state index in [-0.39, 0.29) is 6.04 Å². The Morgan fingerprint density at radius 2 is 1.80 bits per heavy atom. The van der Waals surface area contributed by atoms with Gasteiger partial charge >= 0.3 is 0 Å². The van der Waals surface area contributed by atoms with Crippen molar-refractivity contribution in [1.82, 2.24) is 0 Å². The molecular formula is C18H29NO. The van der Waals surface area contributed by atoms with Crippen molar-refractivity contribution < 1.29 is 4.74 Å². The highest BCUT2D eigenvalue weighted by Crippen LogP contribution is 2.28. The van der Waals surface area contributed by atoms with Crippen molar-refractivity contribution in [2.24, 2.45) is 4.99 Å². The number of rotatable bonds is 2. The zero-order chi connectivity index (χ0) is 15.5. The third-order valence-corrected chi connectivity index (χ3v) is 2.84. The Hall–Kier alpha value is -1.57. The van der Waals surface area contributed by atoms with E-state index in [9.17, 15) is 0 Å². The summed E-state index contributed by atoms with van der Waals surface area (Å²) in [4.78, 5) is 4.50. The molecule has 0 aromatic heterocycles. The third kappa shape index (κ3) is 4.84. The summed E-state index contributed by atoms with van der Waals surface area (Å²) in [7, 11) is 0. The Bertz CT molecular complexity index is 447. The monoisotopic (exact) mass is 275 g/mol. The molecule has 0 aliphatic carbocycles. The van der Waals surface area contributed by atoms with Gasteiger partial charge in [-0.3, -0.25) is 0 Å². The first-order valence-electron chi connectivity index (χ1n) is 7.61. The van der Waals surface area contributed by atoms with E-state index in [1.54, 1.807) is 0 Å². The van der Waals surface area contributed by atoms with Gasteiger partial charge in [0, 0.05) is 6.92 Å². The summed E-state index contributed by atoms with van der Waals surface area (Å²) >= 11 is 0. The average molecular weight is 275 g/mol. The fourth-order valence-electron chi connectivity index (χ4n) is 2.04. The molecule has 0 N–H and O–H groups in total. The van der Waals surface area contributed by atoms with E-state index in [0.717, 1.165) is 5.90 Å². The molecule has 1 aromatic rings. The van der Waals surface area contributed by atoms with Gasteiger partial charge in [0.05, 0.1) is 0 Å². The highest BCUT2D eigenvalue weighted by Gasteiger charge is 2.20. The zero-order valence-electron chi connectivity index (χ0n) is 14.0. The molecule has 20 heavy (non-hydrogen) atoms. The van der Waals surface area contributed by atoms with Crippen molar-refractivity contribution in [2.75, 3.05) is 6.61 Å². The first kappa shape index (κ1) is 18.4. The number of aliphatic imine (C=N–C) groups is 1. The lowest BCUT2D eigenvalue weighted by molar-refractivity contribution is 0.317. The second-order valence-corrected chi connectivity index (χ2v) is 4.05. The van der Waals surface area contributed by atoms with Crippen LogP contribution in [0.25, 0.3) is 6.08 Å². The molecule has 0 fully saturated rings. The largest absolute Gasteiger partial charge is 0.479 e. The fraction of sp³-hybridized carbons (Fsp3) is 0.500. The van der Waals surface area contributed by atoms with Crippen LogP contribution in [-0.2, 0) is 4.74 Å². The minimum atomic E-state index is 0.158. The molecule has 0 saturated heterocycles. The molecule has 0 amide bonds. The van der Waals surface area contributed by atoms with E-state index in [4.69, 9.17) is 4.74 Å². The summed E-state index contributed by atoms with van der Waals surface area (Å²) in [5.41, 5.74) is 3.82. The maximum atomic E-state index is 5.42. The van der Waals surface area contributed by atoms with Gasteiger partial charge in [-0.1, -0.05) is 58.0 Å². The lowest BCUT2D eigenvalue weighted by Crippen LogP contribution is -2.01. The van der Waals surface area contributed by atoms with Gasteiger partial charge in [0.25, 0.3) is 0 Å². The first-order valence-corrected chi connectivity index (χ1v) is 7.61. The molecule has 112 valence electrons. The number of nitrogens with zero attached hydrogens (tertiary/aromatic N) is 1. The standard InChI is InChI=1S/C14H17NO.2C2H6/c1-4-6-12-10(2)7-5-8-13(12)14-9-16-11(3)15-14;2*1-2/h4-8,14H,9H2,1-3H3;2*1-2H3/b6-4-;;. The lowest BCUT2D eigenvalue weighted by Gasteiger charge is -2.12. The average Bonchev–Trinajstić information content (AvgIpc) is 2.92.